The first kappa shape index (κ1) is 14.0. The highest BCUT2D eigenvalue weighted by Crippen LogP contribution is 2.24. The van der Waals surface area contributed by atoms with Crippen LogP contribution >= 0.6 is 11.3 Å². The van der Waals surface area contributed by atoms with Crippen molar-refractivity contribution in [2.24, 2.45) is 7.05 Å². The number of thiazole rings is 1. The molecule has 3 rings (SSSR count). The highest BCUT2D eigenvalue weighted by Gasteiger charge is 2.16. The molecular weight excluding hydrogens is 280 g/mol. The van der Waals surface area contributed by atoms with E-state index in [1.165, 1.54) is 0 Å². The van der Waals surface area contributed by atoms with E-state index in [0.29, 0.717) is 0 Å². The molecule has 1 atom stereocenters. The number of benzene rings is 1. The zero-order valence-electron chi connectivity index (χ0n) is 12.2. The third-order valence-corrected chi connectivity index (χ3v) is 4.39. The molecule has 0 saturated carbocycles. The molecule has 5 heteroatoms. The van der Waals surface area contributed by atoms with Crippen molar-refractivity contribution in [3.05, 3.63) is 58.9 Å². The van der Waals surface area contributed by atoms with Gasteiger partial charge in [-0.3, -0.25) is 0 Å². The van der Waals surface area contributed by atoms with Gasteiger partial charge in [0.05, 0.1) is 16.7 Å². The van der Waals surface area contributed by atoms with E-state index in [2.05, 4.69) is 27.8 Å². The minimum Gasteiger partial charge on any atom is -0.337 e. The fourth-order valence-electron chi connectivity index (χ4n) is 2.36. The van der Waals surface area contributed by atoms with Gasteiger partial charge >= 0.3 is 0 Å². The van der Waals surface area contributed by atoms with E-state index < -0.39 is 0 Å². The number of aromatic nitrogens is 3. The van der Waals surface area contributed by atoms with Gasteiger partial charge in [-0.15, -0.1) is 11.3 Å². The minimum absolute atomic E-state index is 0.180. The van der Waals surface area contributed by atoms with Crippen LogP contribution in [0.3, 0.4) is 0 Å². The lowest BCUT2D eigenvalue weighted by Crippen LogP contribution is -2.22. The molecule has 0 bridgehead atoms. The van der Waals surface area contributed by atoms with E-state index in [4.69, 9.17) is 4.98 Å². The molecule has 1 aromatic carbocycles. The Bertz CT molecular complexity index is 702. The van der Waals surface area contributed by atoms with Gasteiger partial charge in [0.2, 0.25) is 0 Å². The first-order chi connectivity index (χ1) is 10.3. The molecule has 0 spiro atoms. The second-order valence-electron chi connectivity index (χ2n) is 4.93. The predicted octanol–water partition coefficient (Wildman–Crippen LogP) is 3.05. The number of nitrogens with zero attached hydrogens (tertiary/aromatic N) is 3. The Morgan fingerprint density at radius 3 is 2.76 bits per heavy atom. The largest absolute Gasteiger partial charge is 0.337 e. The van der Waals surface area contributed by atoms with Crippen LogP contribution in [0.2, 0.25) is 0 Å². The van der Waals surface area contributed by atoms with E-state index in [-0.39, 0.29) is 6.04 Å². The summed E-state index contributed by atoms with van der Waals surface area (Å²) in [5.41, 5.74) is 2.21. The van der Waals surface area contributed by atoms with Crippen LogP contribution in [0.15, 0.2) is 48.1 Å². The predicted molar refractivity (Wildman–Crippen MR) is 86.3 cm³/mol. The first-order valence-electron chi connectivity index (χ1n) is 6.92. The number of hydrogen-bond donors (Lipinski definition) is 1. The van der Waals surface area contributed by atoms with Gasteiger partial charge in [0, 0.05) is 36.8 Å². The fourth-order valence-corrected chi connectivity index (χ4v) is 3.21. The summed E-state index contributed by atoms with van der Waals surface area (Å²) in [5, 5.41) is 6.57. The molecule has 4 nitrogen and oxygen atoms in total. The summed E-state index contributed by atoms with van der Waals surface area (Å²) in [6.07, 6.45) is 4.65. The summed E-state index contributed by atoms with van der Waals surface area (Å²) in [5.74, 6) is 1.04. The first-order valence-corrected chi connectivity index (χ1v) is 7.80. The van der Waals surface area contributed by atoms with Gasteiger partial charge in [-0.1, -0.05) is 30.3 Å². The Labute approximate surface area is 128 Å². The number of hydrogen-bond acceptors (Lipinski definition) is 4. The second-order valence-corrected chi connectivity index (χ2v) is 5.88. The van der Waals surface area contributed by atoms with E-state index in [9.17, 15) is 0 Å². The third kappa shape index (κ3) is 3.04. The summed E-state index contributed by atoms with van der Waals surface area (Å²) in [6.45, 7) is 0. The molecule has 108 valence electrons. The van der Waals surface area contributed by atoms with Crippen molar-refractivity contribution in [1.29, 1.82) is 0 Å². The maximum atomic E-state index is 4.75. The molecule has 0 aliphatic rings. The number of imidazole rings is 1. The Kier molecular flexibility index (Phi) is 4.13. The molecule has 0 fully saturated rings. The van der Waals surface area contributed by atoms with E-state index in [1.807, 2.05) is 49.3 Å². The van der Waals surface area contributed by atoms with Gasteiger partial charge in [0.25, 0.3) is 0 Å². The van der Waals surface area contributed by atoms with E-state index >= 15 is 0 Å². The normalized spacial score (nSPS) is 12.5. The molecule has 0 amide bonds. The van der Waals surface area contributed by atoms with Crippen LogP contribution in [-0.4, -0.2) is 21.6 Å². The van der Waals surface area contributed by atoms with Crippen LogP contribution in [0.5, 0.6) is 0 Å². The van der Waals surface area contributed by atoms with Gasteiger partial charge in [-0.05, 0) is 7.05 Å². The van der Waals surface area contributed by atoms with Crippen LogP contribution in [0.1, 0.15) is 16.9 Å². The molecule has 0 aliphatic carbocycles. The van der Waals surface area contributed by atoms with Crippen LogP contribution in [0, 0.1) is 0 Å². The molecule has 21 heavy (non-hydrogen) atoms. The summed E-state index contributed by atoms with van der Waals surface area (Å²) in [7, 11) is 3.98. The zero-order chi connectivity index (χ0) is 14.7. The molecule has 3 aromatic rings. The van der Waals surface area contributed by atoms with Crippen molar-refractivity contribution in [2.45, 2.75) is 12.5 Å². The lowest BCUT2D eigenvalue weighted by molar-refractivity contribution is 0.537. The van der Waals surface area contributed by atoms with Crippen molar-refractivity contribution < 1.29 is 0 Å². The monoisotopic (exact) mass is 298 g/mol. The third-order valence-electron chi connectivity index (χ3n) is 3.52. The molecule has 0 radical (unpaired) electrons. The summed E-state index contributed by atoms with van der Waals surface area (Å²) in [6, 6.07) is 10.5. The Hall–Kier alpha value is -1.98. The summed E-state index contributed by atoms with van der Waals surface area (Å²) < 4.78 is 2.05. The van der Waals surface area contributed by atoms with Crippen molar-refractivity contribution in [3.8, 4) is 11.3 Å². The zero-order valence-corrected chi connectivity index (χ0v) is 13.0. The molecule has 0 saturated heterocycles. The smallest absolute Gasteiger partial charge is 0.126 e. The molecule has 2 aromatic heterocycles. The van der Waals surface area contributed by atoms with E-state index in [1.54, 1.807) is 11.3 Å². The Balaban J connectivity index is 1.79. The SMILES string of the molecule is CNC(Cc1nc(-c2ccccc2)cs1)c1nccn1C. The summed E-state index contributed by atoms with van der Waals surface area (Å²) in [4.78, 5) is 9.17. The highest BCUT2D eigenvalue weighted by molar-refractivity contribution is 7.09. The van der Waals surface area contributed by atoms with Gasteiger partial charge < -0.3 is 9.88 Å². The van der Waals surface area contributed by atoms with Crippen LogP contribution in [0.25, 0.3) is 11.3 Å². The van der Waals surface area contributed by atoms with Gasteiger partial charge in [-0.25, -0.2) is 9.97 Å². The van der Waals surface area contributed by atoms with Gasteiger partial charge in [0.15, 0.2) is 0 Å². The van der Waals surface area contributed by atoms with E-state index in [0.717, 1.165) is 28.5 Å². The molecule has 1 N–H and O–H groups in total. The molecule has 1 unspecified atom stereocenters. The van der Waals surface area contributed by atoms with Gasteiger partial charge in [-0.2, -0.15) is 0 Å². The van der Waals surface area contributed by atoms with Crippen LogP contribution in [-0.2, 0) is 13.5 Å². The van der Waals surface area contributed by atoms with Crippen molar-refractivity contribution >= 4 is 11.3 Å². The highest BCUT2D eigenvalue weighted by atomic mass is 32.1. The number of nitrogens with one attached hydrogen (secondary N) is 1. The number of aryl methyl sites for hydroxylation is 1. The second kappa shape index (κ2) is 6.20. The molecular formula is C16H18N4S. The molecule has 2 heterocycles. The quantitative estimate of drug-likeness (QED) is 0.787. The average molecular weight is 298 g/mol. The standard InChI is InChI=1S/C16H18N4S/c1-17-13(16-18-8-9-20(16)2)10-15-19-14(11-21-15)12-6-4-3-5-7-12/h3-9,11,13,17H,10H2,1-2H3. The molecule has 0 aliphatic heterocycles. The van der Waals surface area contributed by atoms with Crippen molar-refractivity contribution in [1.82, 2.24) is 19.9 Å². The Morgan fingerprint density at radius 1 is 1.29 bits per heavy atom. The lowest BCUT2D eigenvalue weighted by Gasteiger charge is -2.14. The topological polar surface area (TPSA) is 42.7 Å². The number of likely N-dealkylation sites (N-methyl/N-ethyl adjacent to an activating group) is 1. The fraction of sp³-hybridized carbons (Fsp3) is 0.250. The maximum Gasteiger partial charge on any atom is 0.126 e. The lowest BCUT2D eigenvalue weighted by atomic mass is 10.2. The number of rotatable bonds is 5. The van der Waals surface area contributed by atoms with Crippen molar-refractivity contribution in [2.75, 3.05) is 7.05 Å². The van der Waals surface area contributed by atoms with Crippen LogP contribution in [0.4, 0.5) is 0 Å². The van der Waals surface area contributed by atoms with Crippen LogP contribution < -0.4 is 5.32 Å². The maximum absolute atomic E-state index is 4.75. The Morgan fingerprint density at radius 2 is 2.10 bits per heavy atom. The minimum atomic E-state index is 0.180. The van der Waals surface area contributed by atoms with Gasteiger partial charge in [0.1, 0.15) is 5.82 Å². The summed E-state index contributed by atoms with van der Waals surface area (Å²) >= 11 is 1.70. The average Bonchev–Trinajstić information content (AvgIpc) is 3.15. The van der Waals surface area contributed by atoms with Crippen molar-refractivity contribution in [3.63, 3.8) is 0 Å².